The van der Waals surface area contributed by atoms with Crippen LogP contribution in [0, 0.1) is 5.82 Å². The summed E-state index contributed by atoms with van der Waals surface area (Å²) in [7, 11) is 1.61. The molecule has 3 N–H and O–H groups in total. The summed E-state index contributed by atoms with van der Waals surface area (Å²) in [6.45, 7) is 6.25. The number of anilines is 3. The topological polar surface area (TPSA) is 179 Å². The Morgan fingerprint density at radius 3 is 2.53 bits per heavy atom. The molecule has 3 aliphatic heterocycles. The molecule has 3 aliphatic rings. The second-order valence-corrected chi connectivity index (χ2v) is 15.6. The van der Waals surface area contributed by atoms with Gasteiger partial charge >= 0.3 is 0 Å². The lowest BCUT2D eigenvalue weighted by Gasteiger charge is -2.40. The largest absolute Gasteiger partial charge is 0.490 e. The van der Waals surface area contributed by atoms with Crippen LogP contribution in [0.2, 0.25) is 0 Å². The molecule has 4 amide bonds. The Bertz CT molecular complexity index is 2210. The minimum atomic E-state index is -1.24. The number of aromatic nitrogens is 3. The highest BCUT2D eigenvalue weighted by atomic mass is 32.1. The van der Waals surface area contributed by atoms with E-state index in [1.807, 2.05) is 13.8 Å². The molecule has 0 aliphatic carbocycles. The van der Waals surface area contributed by atoms with E-state index in [1.165, 1.54) is 28.2 Å². The maximum absolute atomic E-state index is 15.2. The molecular formula is C38H43FN8O7S. The van der Waals surface area contributed by atoms with Gasteiger partial charge in [-0.05, 0) is 62.9 Å². The lowest BCUT2D eigenvalue weighted by molar-refractivity contribution is -0.138. The summed E-state index contributed by atoms with van der Waals surface area (Å²) in [6.07, 6.45) is 3.80. The Hall–Kier alpha value is -5.42. The van der Waals surface area contributed by atoms with Crippen molar-refractivity contribution in [3.63, 3.8) is 0 Å². The molecular weight excluding hydrogens is 732 g/mol. The van der Waals surface area contributed by atoms with E-state index in [1.54, 1.807) is 47.3 Å². The number of piperazine rings is 1. The number of carbonyl (C=O) groups is 4. The summed E-state index contributed by atoms with van der Waals surface area (Å²) >= 11 is 1.42. The third kappa shape index (κ3) is 8.17. The molecule has 55 heavy (non-hydrogen) atoms. The van der Waals surface area contributed by atoms with Crippen LogP contribution in [-0.4, -0.2) is 99.1 Å². The Morgan fingerprint density at radius 2 is 1.84 bits per heavy atom. The van der Waals surface area contributed by atoms with Gasteiger partial charge in [0, 0.05) is 71.2 Å². The van der Waals surface area contributed by atoms with Crippen molar-refractivity contribution in [1.29, 1.82) is 0 Å². The van der Waals surface area contributed by atoms with E-state index in [0.717, 1.165) is 9.83 Å². The minimum Gasteiger partial charge on any atom is -0.490 e. The summed E-state index contributed by atoms with van der Waals surface area (Å²) in [5.74, 6) is -2.17. The van der Waals surface area contributed by atoms with Gasteiger partial charge in [0.1, 0.15) is 11.4 Å². The molecule has 4 aromatic rings. The summed E-state index contributed by atoms with van der Waals surface area (Å²) in [5, 5.41) is 17.1. The quantitative estimate of drug-likeness (QED) is 0.213. The van der Waals surface area contributed by atoms with Crippen molar-refractivity contribution >= 4 is 61.8 Å². The van der Waals surface area contributed by atoms with Gasteiger partial charge in [0.2, 0.25) is 17.7 Å². The number of aliphatic hydroxyl groups is 1. The van der Waals surface area contributed by atoms with E-state index in [2.05, 4.69) is 20.5 Å². The zero-order valence-corrected chi connectivity index (χ0v) is 31.7. The first-order chi connectivity index (χ1) is 26.3. The van der Waals surface area contributed by atoms with Crippen molar-refractivity contribution in [2.75, 3.05) is 54.4 Å². The van der Waals surface area contributed by atoms with E-state index in [4.69, 9.17) is 9.72 Å². The van der Waals surface area contributed by atoms with Crippen LogP contribution in [0.3, 0.4) is 0 Å². The van der Waals surface area contributed by atoms with Crippen LogP contribution in [0.1, 0.15) is 67.8 Å². The number of hydrogen-bond donors (Lipinski definition) is 3. The summed E-state index contributed by atoms with van der Waals surface area (Å²) in [6, 6.07) is 7.98. The summed E-state index contributed by atoms with van der Waals surface area (Å²) in [5.41, 5.74) is -0.0624. The number of halogens is 1. The fourth-order valence-corrected chi connectivity index (χ4v) is 8.26. The predicted octanol–water partition coefficient (Wildman–Crippen LogP) is 3.16. The Morgan fingerprint density at radius 1 is 1.09 bits per heavy atom. The van der Waals surface area contributed by atoms with Crippen LogP contribution in [0.15, 0.2) is 47.5 Å². The van der Waals surface area contributed by atoms with Crippen LogP contribution < -0.4 is 30.7 Å². The van der Waals surface area contributed by atoms with E-state index in [-0.39, 0.29) is 66.2 Å². The number of carbonyl (C=O) groups excluding carboxylic acids is 4. The number of fused-ring (bicyclic) bond motifs is 1. The number of nitrogens with one attached hydrogen (secondary N) is 2. The molecule has 0 spiro atoms. The normalized spacial score (nSPS) is 18.8. The monoisotopic (exact) mass is 774 g/mol. The van der Waals surface area contributed by atoms with Gasteiger partial charge in [0.25, 0.3) is 11.5 Å². The van der Waals surface area contributed by atoms with Crippen LogP contribution in [0.25, 0.3) is 10.2 Å². The standard InChI is InChI=1S/C38H43FN8O7S/c1-22(2)54-29-19-28-30(18-25(29)35(51)41-27-5-4-10-44(3)36(27)52)55-37(42-28)47-15-13-45(14-16-47)32(49)20-38(53)8-11-46(12-9-38)33-26(39)17-23(21-40-33)24-6-7-31(48)43-34(24)50/h4-5,10,17-19,21-22,24,53H,6-9,11-16,20H2,1-3H3,(H,41,51)(H,43,48,50). The van der Waals surface area contributed by atoms with Crippen molar-refractivity contribution in [2.45, 2.75) is 63.6 Å². The van der Waals surface area contributed by atoms with Crippen LogP contribution in [0.4, 0.5) is 21.0 Å². The molecule has 15 nitrogen and oxygen atoms in total. The number of piperidine rings is 2. The molecule has 1 aromatic carbocycles. The van der Waals surface area contributed by atoms with Gasteiger partial charge in [-0.3, -0.25) is 29.3 Å². The highest BCUT2D eigenvalue weighted by Gasteiger charge is 2.38. The van der Waals surface area contributed by atoms with Gasteiger partial charge in [-0.1, -0.05) is 11.3 Å². The highest BCUT2D eigenvalue weighted by Crippen LogP contribution is 2.36. The number of thiazole rings is 1. The minimum absolute atomic E-state index is 0.0507. The first-order valence-corrected chi connectivity index (χ1v) is 19.2. The molecule has 3 saturated heterocycles. The third-order valence-electron chi connectivity index (χ3n) is 10.3. The second kappa shape index (κ2) is 15.4. The van der Waals surface area contributed by atoms with Gasteiger partial charge in [-0.15, -0.1) is 0 Å². The number of amides is 4. The van der Waals surface area contributed by atoms with E-state index >= 15 is 4.39 Å². The second-order valence-electron chi connectivity index (χ2n) is 14.6. The molecule has 7 rings (SSSR count). The molecule has 1 atom stereocenters. The number of ether oxygens (including phenoxy) is 1. The SMILES string of the molecule is CC(C)Oc1cc2nc(N3CCN(C(=O)CC4(O)CCN(c5ncc(C6CCC(=O)NC6=O)cc5F)CC4)CC3)sc2cc1C(=O)Nc1cccn(C)c1=O. The molecule has 0 bridgehead atoms. The maximum atomic E-state index is 15.2. The lowest BCUT2D eigenvalue weighted by Crippen LogP contribution is -2.52. The lowest BCUT2D eigenvalue weighted by atomic mass is 9.87. The predicted molar refractivity (Wildman–Crippen MR) is 204 cm³/mol. The number of benzene rings is 1. The van der Waals surface area contributed by atoms with Crippen molar-refractivity contribution in [3.05, 3.63) is 70.0 Å². The van der Waals surface area contributed by atoms with Crippen molar-refractivity contribution in [3.8, 4) is 5.75 Å². The third-order valence-corrected chi connectivity index (χ3v) is 11.4. The van der Waals surface area contributed by atoms with Gasteiger partial charge in [-0.25, -0.2) is 14.4 Å². The average molecular weight is 775 g/mol. The number of aryl methyl sites for hydroxylation is 1. The molecule has 0 radical (unpaired) electrons. The van der Waals surface area contributed by atoms with Gasteiger partial charge in [0.05, 0.1) is 39.8 Å². The van der Waals surface area contributed by atoms with Gasteiger partial charge in [-0.2, -0.15) is 0 Å². The first kappa shape index (κ1) is 37.9. The Labute approximate surface area is 320 Å². The molecule has 290 valence electrons. The number of nitrogens with zero attached hydrogens (tertiary/aromatic N) is 6. The smallest absolute Gasteiger partial charge is 0.274 e. The number of rotatable bonds is 9. The number of pyridine rings is 2. The Balaban J connectivity index is 0.948. The Kier molecular flexibility index (Phi) is 10.6. The van der Waals surface area contributed by atoms with Crippen molar-refractivity contribution in [1.82, 2.24) is 24.8 Å². The highest BCUT2D eigenvalue weighted by molar-refractivity contribution is 7.22. The molecule has 0 saturated carbocycles. The summed E-state index contributed by atoms with van der Waals surface area (Å²) in [4.78, 5) is 77.8. The molecule has 3 aromatic heterocycles. The average Bonchev–Trinajstić information content (AvgIpc) is 3.56. The van der Waals surface area contributed by atoms with E-state index in [9.17, 15) is 29.1 Å². The zero-order valence-electron chi connectivity index (χ0n) is 30.8. The van der Waals surface area contributed by atoms with Gasteiger partial charge < -0.3 is 34.4 Å². The number of hydrogen-bond acceptors (Lipinski definition) is 12. The number of imide groups is 1. The molecule has 1 unspecified atom stereocenters. The fraction of sp³-hybridized carbons (Fsp3) is 0.447. The molecule has 3 fully saturated rings. The first-order valence-electron chi connectivity index (χ1n) is 18.3. The fourth-order valence-electron chi connectivity index (χ4n) is 7.22. The van der Waals surface area contributed by atoms with Crippen molar-refractivity contribution < 1.29 is 33.4 Å². The van der Waals surface area contributed by atoms with Crippen LogP contribution in [-0.2, 0) is 21.4 Å². The van der Waals surface area contributed by atoms with Crippen LogP contribution in [0.5, 0.6) is 5.75 Å². The molecule has 6 heterocycles. The zero-order chi connectivity index (χ0) is 39.0. The van der Waals surface area contributed by atoms with E-state index in [0.29, 0.717) is 62.5 Å². The summed E-state index contributed by atoms with van der Waals surface area (Å²) < 4.78 is 23.3. The molecule has 17 heteroatoms. The maximum Gasteiger partial charge on any atom is 0.274 e. The van der Waals surface area contributed by atoms with Gasteiger partial charge in [0.15, 0.2) is 16.8 Å². The van der Waals surface area contributed by atoms with E-state index < -0.39 is 29.2 Å². The van der Waals surface area contributed by atoms with Crippen molar-refractivity contribution in [2.24, 2.45) is 7.05 Å². The van der Waals surface area contributed by atoms with Crippen LogP contribution >= 0.6 is 11.3 Å².